The van der Waals surface area contributed by atoms with Gasteiger partial charge < -0.3 is 10.4 Å². The SMILES string of the molecule is O=C(NCCO)c1cc([C@@H]2CCN(Cc3cccc(Cl)c3Cl)C2)nc2ccccc12. The highest BCUT2D eigenvalue weighted by Crippen LogP contribution is 2.32. The van der Waals surface area contributed by atoms with E-state index in [9.17, 15) is 4.79 Å². The molecular weight excluding hydrogens is 421 g/mol. The molecule has 2 heterocycles. The van der Waals surface area contributed by atoms with Crippen LogP contribution in [0.3, 0.4) is 0 Å². The number of benzene rings is 2. The van der Waals surface area contributed by atoms with Crippen molar-refractivity contribution in [2.75, 3.05) is 26.2 Å². The summed E-state index contributed by atoms with van der Waals surface area (Å²) in [4.78, 5) is 19.9. The number of nitrogens with zero attached hydrogens (tertiary/aromatic N) is 2. The highest BCUT2D eigenvalue weighted by atomic mass is 35.5. The Kier molecular flexibility index (Phi) is 6.54. The molecule has 1 aliphatic heterocycles. The third-order valence-corrected chi connectivity index (χ3v) is 6.35. The molecule has 1 aliphatic rings. The number of carbonyl (C=O) groups is 1. The monoisotopic (exact) mass is 443 g/mol. The van der Waals surface area contributed by atoms with E-state index >= 15 is 0 Å². The molecular formula is C23H23Cl2N3O2. The Bertz CT molecular complexity index is 1070. The number of aromatic nitrogens is 1. The normalized spacial score (nSPS) is 16.8. The first-order valence-electron chi connectivity index (χ1n) is 10.0. The number of para-hydroxylation sites is 1. The molecule has 30 heavy (non-hydrogen) atoms. The summed E-state index contributed by atoms with van der Waals surface area (Å²) in [7, 11) is 0. The zero-order chi connectivity index (χ0) is 21.1. The molecule has 2 aromatic carbocycles. The van der Waals surface area contributed by atoms with Crippen molar-refractivity contribution >= 4 is 40.0 Å². The van der Waals surface area contributed by atoms with Gasteiger partial charge in [0.15, 0.2) is 0 Å². The molecule has 4 rings (SSSR count). The predicted molar refractivity (Wildman–Crippen MR) is 120 cm³/mol. The van der Waals surface area contributed by atoms with Crippen LogP contribution in [0.1, 0.15) is 34.0 Å². The van der Waals surface area contributed by atoms with Crippen LogP contribution in [0.5, 0.6) is 0 Å². The number of rotatable bonds is 6. The molecule has 0 aliphatic carbocycles. The number of hydrogen-bond acceptors (Lipinski definition) is 4. The van der Waals surface area contributed by atoms with E-state index in [4.69, 9.17) is 33.3 Å². The van der Waals surface area contributed by atoms with Gasteiger partial charge in [-0.3, -0.25) is 14.7 Å². The van der Waals surface area contributed by atoms with E-state index in [0.29, 0.717) is 15.6 Å². The van der Waals surface area contributed by atoms with Gasteiger partial charge in [0.2, 0.25) is 0 Å². The summed E-state index contributed by atoms with van der Waals surface area (Å²) in [5.74, 6) is 0.0430. The zero-order valence-corrected chi connectivity index (χ0v) is 18.0. The number of carbonyl (C=O) groups excluding carboxylic acids is 1. The smallest absolute Gasteiger partial charge is 0.252 e. The van der Waals surface area contributed by atoms with E-state index in [2.05, 4.69) is 10.2 Å². The van der Waals surface area contributed by atoms with Gasteiger partial charge >= 0.3 is 0 Å². The van der Waals surface area contributed by atoms with Crippen LogP contribution in [-0.2, 0) is 6.54 Å². The number of amides is 1. The van der Waals surface area contributed by atoms with Gasteiger partial charge in [-0.1, -0.05) is 53.5 Å². The Morgan fingerprint density at radius 3 is 2.87 bits per heavy atom. The minimum Gasteiger partial charge on any atom is -0.395 e. The molecule has 1 atom stereocenters. The first-order valence-corrected chi connectivity index (χ1v) is 10.8. The number of hydrogen-bond donors (Lipinski definition) is 2. The van der Waals surface area contributed by atoms with Crippen molar-refractivity contribution in [3.63, 3.8) is 0 Å². The fraction of sp³-hybridized carbons (Fsp3) is 0.304. The summed E-state index contributed by atoms with van der Waals surface area (Å²) >= 11 is 12.5. The number of nitrogens with one attached hydrogen (secondary N) is 1. The third kappa shape index (κ3) is 4.44. The van der Waals surface area contributed by atoms with Crippen LogP contribution in [-0.4, -0.2) is 47.1 Å². The molecule has 1 fully saturated rings. The number of aliphatic hydroxyl groups excluding tert-OH is 1. The number of halogens is 2. The van der Waals surface area contributed by atoms with Crippen LogP contribution in [0.4, 0.5) is 0 Å². The molecule has 0 radical (unpaired) electrons. The van der Waals surface area contributed by atoms with Gasteiger partial charge in [0, 0.05) is 36.6 Å². The average molecular weight is 444 g/mol. The van der Waals surface area contributed by atoms with Crippen LogP contribution in [0.15, 0.2) is 48.5 Å². The lowest BCUT2D eigenvalue weighted by Gasteiger charge is -2.18. The summed E-state index contributed by atoms with van der Waals surface area (Å²) in [5, 5.41) is 13.8. The molecule has 7 heteroatoms. The van der Waals surface area contributed by atoms with E-state index in [1.54, 1.807) is 6.07 Å². The summed E-state index contributed by atoms with van der Waals surface area (Å²) < 4.78 is 0. The number of likely N-dealkylation sites (tertiary alicyclic amines) is 1. The molecule has 1 saturated heterocycles. The number of aliphatic hydroxyl groups is 1. The molecule has 0 unspecified atom stereocenters. The third-order valence-electron chi connectivity index (χ3n) is 5.49. The molecule has 156 valence electrons. The maximum absolute atomic E-state index is 12.7. The van der Waals surface area contributed by atoms with Crippen LogP contribution in [0, 0.1) is 0 Å². The first-order chi connectivity index (χ1) is 14.6. The lowest BCUT2D eigenvalue weighted by atomic mass is 9.99. The lowest BCUT2D eigenvalue weighted by molar-refractivity contribution is 0.0946. The highest BCUT2D eigenvalue weighted by molar-refractivity contribution is 6.42. The quantitative estimate of drug-likeness (QED) is 0.597. The van der Waals surface area contributed by atoms with Gasteiger partial charge in [-0.25, -0.2) is 0 Å². The molecule has 1 aromatic heterocycles. The van der Waals surface area contributed by atoms with Gasteiger partial charge in [-0.2, -0.15) is 0 Å². The van der Waals surface area contributed by atoms with E-state index < -0.39 is 0 Å². The summed E-state index contributed by atoms with van der Waals surface area (Å²) in [6, 6.07) is 15.3. The standard InChI is InChI=1S/C23H23Cl2N3O2/c24-19-6-3-4-16(22(19)25)14-28-10-8-15(13-28)21-12-18(23(30)26-9-11-29)17-5-1-2-7-20(17)27-21/h1-7,12,15,29H,8-11,13-14H2,(H,26,30)/t15-/m1/s1. The molecule has 0 bridgehead atoms. The van der Waals surface area contributed by atoms with Gasteiger partial charge in [0.05, 0.1) is 27.7 Å². The Morgan fingerprint density at radius 1 is 1.20 bits per heavy atom. The zero-order valence-electron chi connectivity index (χ0n) is 16.4. The Labute approximate surface area is 185 Å². The molecule has 0 saturated carbocycles. The Hall–Kier alpha value is -2.18. The van der Waals surface area contributed by atoms with Crippen molar-refractivity contribution in [1.82, 2.24) is 15.2 Å². The summed E-state index contributed by atoms with van der Waals surface area (Å²) in [6.07, 6.45) is 0.960. The van der Waals surface area contributed by atoms with E-state index in [-0.39, 0.29) is 25.0 Å². The predicted octanol–water partition coefficient (Wildman–Crippen LogP) is 4.25. The minimum absolute atomic E-state index is 0.0920. The maximum Gasteiger partial charge on any atom is 0.252 e. The first kappa shape index (κ1) is 21.1. The van der Waals surface area contributed by atoms with Crippen LogP contribution in [0.25, 0.3) is 10.9 Å². The van der Waals surface area contributed by atoms with E-state index in [1.165, 1.54) is 0 Å². The van der Waals surface area contributed by atoms with E-state index in [0.717, 1.165) is 48.2 Å². The van der Waals surface area contributed by atoms with Crippen molar-refractivity contribution in [3.05, 3.63) is 75.4 Å². The maximum atomic E-state index is 12.7. The van der Waals surface area contributed by atoms with E-state index in [1.807, 2.05) is 42.5 Å². The second kappa shape index (κ2) is 9.31. The largest absolute Gasteiger partial charge is 0.395 e. The number of fused-ring (bicyclic) bond motifs is 1. The van der Waals surface area contributed by atoms with Gasteiger partial charge in [0.25, 0.3) is 5.91 Å². The molecule has 2 N–H and O–H groups in total. The lowest BCUT2D eigenvalue weighted by Crippen LogP contribution is -2.27. The van der Waals surface area contributed by atoms with Crippen molar-refractivity contribution in [2.24, 2.45) is 0 Å². The molecule has 5 nitrogen and oxygen atoms in total. The average Bonchev–Trinajstić information content (AvgIpc) is 3.23. The molecule has 1 amide bonds. The van der Waals surface area contributed by atoms with Crippen LogP contribution in [0.2, 0.25) is 10.0 Å². The Morgan fingerprint density at radius 2 is 2.03 bits per heavy atom. The van der Waals surface area contributed by atoms with Crippen LogP contribution >= 0.6 is 23.2 Å². The van der Waals surface area contributed by atoms with Crippen molar-refractivity contribution < 1.29 is 9.90 Å². The minimum atomic E-state index is -0.190. The molecule has 3 aromatic rings. The second-order valence-electron chi connectivity index (χ2n) is 7.52. The van der Waals surface area contributed by atoms with Gasteiger partial charge in [-0.15, -0.1) is 0 Å². The highest BCUT2D eigenvalue weighted by Gasteiger charge is 2.27. The Balaban J connectivity index is 1.57. The van der Waals surface area contributed by atoms with Crippen molar-refractivity contribution in [1.29, 1.82) is 0 Å². The fourth-order valence-electron chi connectivity index (χ4n) is 3.99. The summed E-state index contributed by atoms with van der Waals surface area (Å²) in [6.45, 7) is 2.63. The second-order valence-corrected chi connectivity index (χ2v) is 8.31. The van der Waals surface area contributed by atoms with Crippen molar-refractivity contribution in [3.8, 4) is 0 Å². The van der Waals surface area contributed by atoms with Gasteiger partial charge in [-0.05, 0) is 36.7 Å². The van der Waals surface area contributed by atoms with Crippen molar-refractivity contribution in [2.45, 2.75) is 18.9 Å². The number of pyridine rings is 1. The fourth-order valence-corrected chi connectivity index (χ4v) is 4.37. The van der Waals surface area contributed by atoms with Crippen LogP contribution < -0.4 is 5.32 Å². The van der Waals surface area contributed by atoms with Gasteiger partial charge in [0.1, 0.15) is 0 Å². The molecule has 0 spiro atoms. The summed E-state index contributed by atoms with van der Waals surface area (Å²) in [5.41, 5.74) is 3.34. The topological polar surface area (TPSA) is 65.5 Å².